The monoisotopic (exact) mass is 250 g/mol. The van der Waals surface area contributed by atoms with E-state index in [1.807, 2.05) is 6.92 Å². The van der Waals surface area contributed by atoms with Gasteiger partial charge in [0.2, 0.25) is 0 Å². The molecular formula is C14H26N4. The molecule has 0 spiro atoms. The number of nitrogens with zero attached hydrogens (tertiary/aromatic N) is 3. The van der Waals surface area contributed by atoms with Crippen molar-refractivity contribution >= 4 is 0 Å². The summed E-state index contributed by atoms with van der Waals surface area (Å²) in [6.07, 6.45) is 3.66. The van der Waals surface area contributed by atoms with Crippen molar-refractivity contribution in [3.8, 4) is 6.07 Å². The third-order valence-corrected chi connectivity index (χ3v) is 4.05. The van der Waals surface area contributed by atoms with E-state index in [4.69, 9.17) is 0 Å². The lowest BCUT2D eigenvalue weighted by atomic mass is 10.0. The summed E-state index contributed by atoms with van der Waals surface area (Å²) in [5.41, 5.74) is -0.391. The molecule has 1 saturated heterocycles. The molecule has 0 amide bonds. The Morgan fingerprint density at radius 2 is 2.11 bits per heavy atom. The lowest BCUT2D eigenvalue weighted by Crippen LogP contribution is -2.54. The van der Waals surface area contributed by atoms with Gasteiger partial charge in [0.15, 0.2) is 0 Å². The average molecular weight is 250 g/mol. The third-order valence-electron chi connectivity index (χ3n) is 4.05. The van der Waals surface area contributed by atoms with Gasteiger partial charge in [-0.1, -0.05) is 0 Å². The number of nitriles is 1. The van der Waals surface area contributed by atoms with Crippen LogP contribution in [-0.2, 0) is 0 Å². The van der Waals surface area contributed by atoms with Crippen LogP contribution in [0.25, 0.3) is 0 Å². The number of hydrogen-bond donors (Lipinski definition) is 1. The Hall–Kier alpha value is -0.630. The smallest absolute Gasteiger partial charge is 0.116 e. The van der Waals surface area contributed by atoms with Crippen molar-refractivity contribution < 1.29 is 0 Å². The van der Waals surface area contributed by atoms with E-state index in [9.17, 15) is 5.26 Å². The fourth-order valence-electron chi connectivity index (χ4n) is 2.85. The minimum atomic E-state index is -0.391. The Bertz CT molecular complexity index is 320. The second-order valence-corrected chi connectivity index (χ2v) is 6.30. The molecule has 0 radical (unpaired) electrons. The van der Waals surface area contributed by atoms with Gasteiger partial charge in [-0.05, 0) is 53.2 Å². The molecule has 4 nitrogen and oxygen atoms in total. The molecule has 2 unspecified atom stereocenters. The van der Waals surface area contributed by atoms with E-state index in [1.165, 1.54) is 25.8 Å². The number of hydrogen-bond acceptors (Lipinski definition) is 4. The van der Waals surface area contributed by atoms with E-state index in [1.54, 1.807) is 0 Å². The van der Waals surface area contributed by atoms with Gasteiger partial charge in [0, 0.05) is 25.2 Å². The molecule has 0 aromatic carbocycles. The molecular weight excluding hydrogens is 224 g/mol. The van der Waals surface area contributed by atoms with Crippen LogP contribution in [0.5, 0.6) is 0 Å². The lowest BCUT2D eigenvalue weighted by molar-refractivity contribution is 0.167. The van der Waals surface area contributed by atoms with Crippen LogP contribution in [0.4, 0.5) is 0 Å². The molecule has 1 aliphatic carbocycles. The molecule has 2 rings (SSSR count). The molecule has 2 atom stereocenters. The summed E-state index contributed by atoms with van der Waals surface area (Å²) in [6, 6.07) is 3.60. The second kappa shape index (κ2) is 5.56. The molecule has 4 heteroatoms. The van der Waals surface area contributed by atoms with Crippen LogP contribution < -0.4 is 5.32 Å². The maximum absolute atomic E-state index is 9.45. The maximum atomic E-state index is 9.45. The SMILES string of the molecule is CC1CN(C)CCCN1CC(C)(C#N)NC1CC1. The van der Waals surface area contributed by atoms with Crippen LogP contribution in [0.3, 0.4) is 0 Å². The number of nitrogens with one attached hydrogen (secondary N) is 1. The van der Waals surface area contributed by atoms with Gasteiger partial charge >= 0.3 is 0 Å². The minimum absolute atomic E-state index is 0.391. The van der Waals surface area contributed by atoms with E-state index in [2.05, 4.69) is 35.2 Å². The number of rotatable bonds is 4. The van der Waals surface area contributed by atoms with Crippen LogP contribution >= 0.6 is 0 Å². The van der Waals surface area contributed by atoms with Crippen molar-refractivity contribution in [1.29, 1.82) is 5.26 Å². The van der Waals surface area contributed by atoms with Gasteiger partial charge in [0.1, 0.15) is 5.54 Å². The van der Waals surface area contributed by atoms with E-state index >= 15 is 0 Å². The van der Waals surface area contributed by atoms with Gasteiger partial charge in [-0.3, -0.25) is 10.2 Å². The minimum Gasteiger partial charge on any atom is -0.305 e. The zero-order chi connectivity index (χ0) is 13.2. The Kier molecular flexibility index (Phi) is 4.26. The summed E-state index contributed by atoms with van der Waals surface area (Å²) in [5, 5.41) is 13.0. The summed E-state index contributed by atoms with van der Waals surface area (Å²) >= 11 is 0. The molecule has 1 heterocycles. The van der Waals surface area contributed by atoms with E-state index in [0.29, 0.717) is 12.1 Å². The zero-order valence-corrected chi connectivity index (χ0v) is 11.9. The predicted octanol–water partition coefficient (Wildman–Crippen LogP) is 1.05. The lowest BCUT2D eigenvalue weighted by Gasteiger charge is -2.34. The molecule has 1 saturated carbocycles. The maximum Gasteiger partial charge on any atom is 0.116 e. The van der Waals surface area contributed by atoms with Crippen molar-refractivity contribution in [2.75, 3.05) is 33.2 Å². The highest BCUT2D eigenvalue weighted by molar-refractivity contribution is 5.09. The molecule has 0 bridgehead atoms. The van der Waals surface area contributed by atoms with Gasteiger partial charge < -0.3 is 4.90 Å². The first-order chi connectivity index (χ1) is 8.52. The molecule has 0 aromatic rings. The highest BCUT2D eigenvalue weighted by Gasteiger charge is 2.35. The predicted molar refractivity (Wildman–Crippen MR) is 73.3 cm³/mol. The first-order valence-electron chi connectivity index (χ1n) is 7.14. The van der Waals surface area contributed by atoms with E-state index < -0.39 is 5.54 Å². The van der Waals surface area contributed by atoms with Crippen molar-refractivity contribution in [2.24, 2.45) is 0 Å². The quantitative estimate of drug-likeness (QED) is 0.810. The van der Waals surface area contributed by atoms with Gasteiger partial charge in [0.05, 0.1) is 6.07 Å². The highest BCUT2D eigenvalue weighted by atomic mass is 15.2. The third kappa shape index (κ3) is 3.68. The van der Waals surface area contributed by atoms with Crippen LogP contribution in [-0.4, -0.2) is 60.6 Å². The summed E-state index contributed by atoms with van der Waals surface area (Å²) < 4.78 is 0. The van der Waals surface area contributed by atoms with Crippen molar-refractivity contribution in [3.05, 3.63) is 0 Å². The van der Waals surface area contributed by atoms with Crippen LogP contribution in [0.15, 0.2) is 0 Å². The Labute approximate surface area is 111 Å². The summed E-state index contributed by atoms with van der Waals surface area (Å²) in [4.78, 5) is 4.87. The molecule has 0 aromatic heterocycles. The highest BCUT2D eigenvalue weighted by Crippen LogP contribution is 2.23. The Morgan fingerprint density at radius 3 is 2.72 bits per heavy atom. The first kappa shape index (κ1) is 13.8. The molecule has 18 heavy (non-hydrogen) atoms. The van der Waals surface area contributed by atoms with Crippen molar-refractivity contribution in [1.82, 2.24) is 15.1 Å². The van der Waals surface area contributed by atoms with Gasteiger partial charge in [-0.2, -0.15) is 5.26 Å². The zero-order valence-electron chi connectivity index (χ0n) is 11.9. The molecule has 1 N–H and O–H groups in total. The average Bonchev–Trinajstić information content (AvgIpc) is 3.11. The van der Waals surface area contributed by atoms with Gasteiger partial charge in [0.25, 0.3) is 0 Å². The van der Waals surface area contributed by atoms with Crippen molar-refractivity contribution in [3.63, 3.8) is 0 Å². The largest absolute Gasteiger partial charge is 0.305 e. The molecule has 1 aliphatic heterocycles. The summed E-state index contributed by atoms with van der Waals surface area (Å²) in [5.74, 6) is 0. The van der Waals surface area contributed by atoms with Crippen LogP contribution in [0, 0.1) is 11.3 Å². The van der Waals surface area contributed by atoms with E-state index in [0.717, 1.165) is 19.6 Å². The van der Waals surface area contributed by atoms with Crippen LogP contribution in [0.1, 0.15) is 33.1 Å². The van der Waals surface area contributed by atoms with Gasteiger partial charge in [-0.15, -0.1) is 0 Å². The fraction of sp³-hybridized carbons (Fsp3) is 0.929. The fourth-order valence-corrected chi connectivity index (χ4v) is 2.85. The summed E-state index contributed by atoms with van der Waals surface area (Å²) in [6.45, 7) is 8.54. The van der Waals surface area contributed by atoms with Gasteiger partial charge in [-0.25, -0.2) is 0 Å². The molecule has 2 aliphatic rings. The molecule has 102 valence electrons. The normalized spacial score (nSPS) is 30.4. The topological polar surface area (TPSA) is 42.3 Å². The number of likely N-dealkylation sites (N-methyl/N-ethyl adjacent to an activating group) is 1. The van der Waals surface area contributed by atoms with Crippen LogP contribution in [0.2, 0.25) is 0 Å². The molecule has 2 fully saturated rings. The Balaban J connectivity index is 1.94. The Morgan fingerprint density at radius 1 is 1.39 bits per heavy atom. The first-order valence-corrected chi connectivity index (χ1v) is 7.14. The van der Waals surface area contributed by atoms with Crippen molar-refractivity contribution in [2.45, 2.75) is 50.7 Å². The van der Waals surface area contributed by atoms with E-state index in [-0.39, 0.29) is 0 Å². The second-order valence-electron chi connectivity index (χ2n) is 6.30. The standard InChI is InChI=1S/C14H26N4/c1-12-9-17(3)7-4-8-18(12)11-14(2,10-15)16-13-5-6-13/h12-13,16H,4-9,11H2,1-3H3. The summed E-state index contributed by atoms with van der Waals surface area (Å²) in [7, 11) is 2.19.